The van der Waals surface area contributed by atoms with Gasteiger partial charge in [0.25, 0.3) is 0 Å². The SMILES string of the molecule is O=C(OC(c1ccccc1)c1ccccc1)[C@@H]1CCCC(=O)N1C(=O)Oc1ccccc1. The van der Waals surface area contributed by atoms with Crippen LogP contribution in [0.4, 0.5) is 4.79 Å². The third-order valence-electron chi connectivity index (χ3n) is 5.30. The van der Waals surface area contributed by atoms with Crippen molar-refractivity contribution in [1.82, 2.24) is 4.90 Å². The molecule has 0 aliphatic carbocycles. The van der Waals surface area contributed by atoms with Gasteiger partial charge in [-0.1, -0.05) is 78.9 Å². The van der Waals surface area contributed by atoms with E-state index in [-0.39, 0.29) is 6.42 Å². The maximum absolute atomic E-state index is 13.2. The van der Waals surface area contributed by atoms with Crippen LogP contribution in [0.5, 0.6) is 5.75 Å². The van der Waals surface area contributed by atoms with Crippen LogP contribution in [-0.2, 0) is 14.3 Å². The molecule has 0 unspecified atom stereocenters. The van der Waals surface area contributed by atoms with Crippen LogP contribution < -0.4 is 4.74 Å². The lowest BCUT2D eigenvalue weighted by molar-refractivity contribution is -0.159. The molecule has 0 spiro atoms. The van der Waals surface area contributed by atoms with E-state index in [0.29, 0.717) is 18.6 Å². The standard InChI is InChI=1S/C26H23NO5/c28-23-18-10-17-22(27(23)26(30)31-21-15-8-3-9-16-21)25(29)32-24(19-11-4-1-5-12-19)20-13-6-2-7-14-20/h1-9,11-16,22,24H,10,17-18H2/t22-/m0/s1. The van der Waals surface area contributed by atoms with Crippen molar-refractivity contribution in [2.45, 2.75) is 31.4 Å². The van der Waals surface area contributed by atoms with Gasteiger partial charge in [-0.25, -0.2) is 14.5 Å². The number of ether oxygens (including phenoxy) is 2. The fourth-order valence-electron chi connectivity index (χ4n) is 3.74. The van der Waals surface area contributed by atoms with Gasteiger partial charge in [0.1, 0.15) is 11.8 Å². The number of para-hydroxylation sites is 1. The molecule has 3 aromatic rings. The fourth-order valence-corrected chi connectivity index (χ4v) is 3.74. The zero-order chi connectivity index (χ0) is 22.3. The molecule has 1 saturated heterocycles. The van der Waals surface area contributed by atoms with E-state index in [1.165, 1.54) is 0 Å². The summed E-state index contributed by atoms with van der Waals surface area (Å²) in [6.07, 6.45) is -0.540. The summed E-state index contributed by atoms with van der Waals surface area (Å²) in [5.74, 6) is -0.787. The van der Waals surface area contributed by atoms with Crippen LogP contribution in [0.1, 0.15) is 36.5 Å². The van der Waals surface area contributed by atoms with Gasteiger partial charge in [-0.15, -0.1) is 0 Å². The smallest absolute Gasteiger partial charge is 0.422 e. The molecular formula is C26H23NO5. The number of carbonyl (C=O) groups is 3. The lowest BCUT2D eigenvalue weighted by Gasteiger charge is -2.32. The Morgan fingerprint density at radius 3 is 1.91 bits per heavy atom. The summed E-state index contributed by atoms with van der Waals surface area (Å²) in [5.41, 5.74) is 1.60. The Morgan fingerprint density at radius 1 is 0.812 bits per heavy atom. The third-order valence-corrected chi connectivity index (χ3v) is 5.30. The molecule has 32 heavy (non-hydrogen) atoms. The largest absolute Gasteiger partial charge is 0.451 e. The molecule has 0 radical (unpaired) electrons. The van der Waals surface area contributed by atoms with Crippen molar-refractivity contribution < 1.29 is 23.9 Å². The predicted octanol–water partition coefficient (Wildman–Crippen LogP) is 4.90. The first-order chi connectivity index (χ1) is 15.6. The minimum absolute atomic E-state index is 0.175. The number of piperidine rings is 1. The molecule has 2 amide bonds. The Balaban J connectivity index is 1.57. The highest BCUT2D eigenvalue weighted by atomic mass is 16.6. The van der Waals surface area contributed by atoms with Crippen molar-refractivity contribution in [2.75, 3.05) is 0 Å². The molecule has 0 N–H and O–H groups in total. The van der Waals surface area contributed by atoms with Crippen LogP contribution in [0, 0.1) is 0 Å². The van der Waals surface area contributed by atoms with Crippen molar-refractivity contribution >= 4 is 18.0 Å². The van der Waals surface area contributed by atoms with Crippen LogP contribution in [0.25, 0.3) is 0 Å². The molecule has 1 aliphatic heterocycles. The lowest BCUT2D eigenvalue weighted by atomic mass is 10.00. The Kier molecular flexibility index (Phi) is 6.60. The normalized spacial score (nSPS) is 16.0. The predicted molar refractivity (Wildman–Crippen MR) is 118 cm³/mol. The van der Waals surface area contributed by atoms with Crippen molar-refractivity contribution in [3.63, 3.8) is 0 Å². The van der Waals surface area contributed by atoms with E-state index in [9.17, 15) is 14.4 Å². The summed E-state index contributed by atoms with van der Waals surface area (Å²) in [7, 11) is 0. The third kappa shape index (κ3) is 4.86. The second-order valence-corrected chi connectivity index (χ2v) is 7.49. The maximum atomic E-state index is 13.2. The van der Waals surface area contributed by atoms with Crippen LogP contribution in [-0.4, -0.2) is 28.9 Å². The summed E-state index contributed by atoms with van der Waals surface area (Å²) in [6.45, 7) is 0. The second kappa shape index (κ2) is 9.92. The number of hydrogen-bond donors (Lipinski definition) is 0. The maximum Gasteiger partial charge on any atom is 0.422 e. The van der Waals surface area contributed by atoms with E-state index >= 15 is 0 Å². The number of amides is 2. The number of rotatable bonds is 5. The lowest BCUT2D eigenvalue weighted by Crippen LogP contribution is -2.52. The van der Waals surface area contributed by atoms with Crippen LogP contribution in [0.3, 0.4) is 0 Å². The van der Waals surface area contributed by atoms with Gasteiger partial charge >= 0.3 is 12.1 Å². The van der Waals surface area contributed by atoms with E-state index in [1.54, 1.807) is 30.3 Å². The Hall–Kier alpha value is -3.93. The summed E-state index contributed by atoms with van der Waals surface area (Å²) in [6, 6.07) is 26.1. The first-order valence-corrected chi connectivity index (χ1v) is 10.5. The van der Waals surface area contributed by atoms with Gasteiger partial charge in [0.05, 0.1) is 0 Å². The van der Waals surface area contributed by atoms with Crippen molar-refractivity contribution in [3.8, 4) is 5.75 Å². The van der Waals surface area contributed by atoms with Crippen LogP contribution in [0.15, 0.2) is 91.0 Å². The molecule has 1 heterocycles. The van der Waals surface area contributed by atoms with Gasteiger partial charge in [-0.2, -0.15) is 0 Å². The number of esters is 1. The Labute approximate surface area is 186 Å². The molecule has 162 valence electrons. The molecule has 6 nitrogen and oxygen atoms in total. The van der Waals surface area contributed by atoms with Gasteiger partial charge in [0.2, 0.25) is 5.91 Å². The first kappa shape index (κ1) is 21.3. The molecule has 1 aliphatic rings. The number of benzene rings is 3. The average molecular weight is 429 g/mol. The number of nitrogens with zero attached hydrogens (tertiary/aromatic N) is 1. The molecule has 1 fully saturated rings. The molecule has 0 aromatic heterocycles. The van der Waals surface area contributed by atoms with Gasteiger partial charge in [0, 0.05) is 6.42 Å². The molecule has 6 heteroatoms. The first-order valence-electron chi connectivity index (χ1n) is 10.5. The summed E-state index contributed by atoms with van der Waals surface area (Å²) >= 11 is 0. The van der Waals surface area contributed by atoms with Gasteiger partial charge in [0.15, 0.2) is 6.10 Å². The molecule has 3 aromatic carbocycles. The van der Waals surface area contributed by atoms with Crippen LogP contribution >= 0.6 is 0 Å². The Bertz CT molecular complexity index is 1030. The summed E-state index contributed by atoms with van der Waals surface area (Å²) in [5, 5.41) is 0. The second-order valence-electron chi connectivity index (χ2n) is 7.49. The zero-order valence-corrected chi connectivity index (χ0v) is 17.4. The highest BCUT2D eigenvalue weighted by Crippen LogP contribution is 2.29. The van der Waals surface area contributed by atoms with Crippen molar-refractivity contribution in [3.05, 3.63) is 102 Å². The summed E-state index contributed by atoms with van der Waals surface area (Å²) < 4.78 is 11.2. The molecule has 4 rings (SSSR count). The number of hydrogen-bond acceptors (Lipinski definition) is 5. The van der Waals surface area contributed by atoms with E-state index in [0.717, 1.165) is 16.0 Å². The number of carbonyl (C=O) groups excluding carboxylic acids is 3. The highest BCUT2D eigenvalue weighted by Gasteiger charge is 2.41. The minimum atomic E-state index is -1.04. The van der Waals surface area contributed by atoms with E-state index in [1.807, 2.05) is 60.7 Å². The number of imide groups is 1. The van der Waals surface area contributed by atoms with E-state index < -0.39 is 30.1 Å². The fraction of sp³-hybridized carbons (Fsp3) is 0.192. The molecule has 0 saturated carbocycles. The van der Waals surface area contributed by atoms with Crippen molar-refractivity contribution in [1.29, 1.82) is 0 Å². The molecule has 1 atom stereocenters. The topological polar surface area (TPSA) is 72.9 Å². The van der Waals surface area contributed by atoms with Gasteiger partial charge in [-0.05, 0) is 36.1 Å². The number of likely N-dealkylation sites (tertiary alicyclic amines) is 1. The van der Waals surface area contributed by atoms with Crippen LogP contribution in [0.2, 0.25) is 0 Å². The van der Waals surface area contributed by atoms with Gasteiger partial charge < -0.3 is 9.47 Å². The summed E-state index contributed by atoms with van der Waals surface area (Å²) in [4.78, 5) is 39.5. The van der Waals surface area contributed by atoms with E-state index in [4.69, 9.17) is 9.47 Å². The molecule has 0 bridgehead atoms. The quantitative estimate of drug-likeness (QED) is 0.540. The van der Waals surface area contributed by atoms with E-state index in [2.05, 4.69) is 0 Å². The Morgan fingerprint density at radius 2 is 1.34 bits per heavy atom. The van der Waals surface area contributed by atoms with Crippen molar-refractivity contribution in [2.24, 2.45) is 0 Å². The zero-order valence-electron chi connectivity index (χ0n) is 17.4. The van der Waals surface area contributed by atoms with Gasteiger partial charge in [-0.3, -0.25) is 4.79 Å². The monoisotopic (exact) mass is 429 g/mol. The molecular weight excluding hydrogens is 406 g/mol. The average Bonchev–Trinajstić information content (AvgIpc) is 2.84. The minimum Gasteiger partial charge on any atom is -0.451 e. The highest BCUT2D eigenvalue weighted by molar-refractivity contribution is 5.98.